The van der Waals surface area contributed by atoms with Crippen LogP contribution in [0.3, 0.4) is 0 Å². The Hall–Kier alpha value is -2.41. The molecule has 0 N–H and O–H groups in total. The van der Waals surface area contributed by atoms with Gasteiger partial charge in [-0.25, -0.2) is 4.98 Å². The van der Waals surface area contributed by atoms with Crippen molar-refractivity contribution in [1.82, 2.24) is 9.88 Å². The Bertz CT molecular complexity index is 783. The van der Waals surface area contributed by atoms with Crippen molar-refractivity contribution in [1.29, 1.82) is 0 Å². The van der Waals surface area contributed by atoms with Gasteiger partial charge < -0.3 is 14.4 Å². The van der Waals surface area contributed by atoms with Crippen LogP contribution in [0.2, 0.25) is 0 Å². The van der Waals surface area contributed by atoms with E-state index in [1.807, 2.05) is 44.2 Å². The van der Waals surface area contributed by atoms with Crippen LogP contribution in [-0.4, -0.2) is 41.5 Å². The molecule has 27 heavy (non-hydrogen) atoms. The van der Waals surface area contributed by atoms with Gasteiger partial charge in [-0.2, -0.15) is 0 Å². The summed E-state index contributed by atoms with van der Waals surface area (Å²) < 4.78 is 10.8. The van der Waals surface area contributed by atoms with Gasteiger partial charge in [-0.15, -0.1) is 11.3 Å². The number of aryl methyl sites for hydroxylation is 1. The summed E-state index contributed by atoms with van der Waals surface area (Å²) in [5.74, 6) is 0.503. The predicted molar refractivity (Wildman–Crippen MR) is 103 cm³/mol. The molecule has 144 valence electrons. The van der Waals surface area contributed by atoms with Crippen LogP contribution in [0.5, 0.6) is 5.75 Å². The Morgan fingerprint density at radius 3 is 2.59 bits per heavy atom. The van der Waals surface area contributed by atoms with Gasteiger partial charge in [-0.1, -0.05) is 18.2 Å². The summed E-state index contributed by atoms with van der Waals surface area (Å²) in [6.07, 6.45) is 1.29. The number of likely N-dealkylation sites (tertiary alicyclic amines) is 1. The molecular formula is C20H24N2O4S. The van der Waals surface area contributed by atoms with Crippen LogP contribution in [0.1, 0.15) is 40.1 Å². The molecule has 1 fully saturated rings. The van der Waals surface area contributed by atoms with E-state index < -0.39 is 0 Å². The van der Waals surface area contributed by atoms with Gasteiger partial charge >= 0.3 is 5.97 Å². The highest BCUT2D eigenvalue weighted by atomic mass is 32.1. The van der Waals surface area contributed by atoms with E-state index in [-0.39, 0.29) is 17.8 Å². The fraction of sp³-hybridized carbons (Fsp3) is 0.450. The molecular weight excluding hydrogens is 364 g/mol. The maximum Gasteiger partial charge on any atom is 0.309 e. The fourth-order valence-corrected chi connectivity index (χ4v) is 4.04. The van der Waals surface area contributed by atoms with Crippen molar-refractivity contribution in [3.63, 3.8) is 0 Å². The van der Waals surface area contributed by atoms with Gasteiger partial charge in [0.25, 0.3) is 5.91 Å². The van der Waals surface area contributed by atoms with Gasteiger partial charge in [0, 0.05) is 13.1 Å². The molecule has 2 aromatic rings. The maximum absolute atomic E-state index is 12.8. The second kappa shape index (κ2) is 8.99. The molecule has 0 radical (unpaired) electrons. The summed E-state index contributed by atoms with van der Waals surface area (Å²) >= 11 is 1.38. The molecule has 1 saturated heterocycles. The van der Waals surface area contributed by atoms with Crippen LogP contribution >= 0.6 is 11.3 Å². The first-order chi connectivity index (χ1) is 13.1. The van der Waals surface area contributed by atoms with Gasteiger partial charge in [-0.3, -0.25) is 9.59 Å². The molecule has 0 bridgehead atoms. The topological polar surface area (TPSA) is 68.7 Å². The lowest BCUT2D eigenvalue weighted by molar-refractivity contribution is -0.149. The Balaban J connectivity index is 1.57. The summed E-state index contributed by atoms with van der Waals surface area (Å²) in [7, 11) is 0. The third kappa shape index (κ3) is 4.86. The number of nitrogens with zero attached hydrogens (tertiary/aromatic N) is 2. The highest BCUT2D eigenvalue weighted by molar-refractivity contribution is 7.13. The number of amides is 1. The van der Waals surface area contributed by atoms with Crippen LogP contribution in [0.4, 0.5) is 0 Å². The molecule has 7 heteroatoms. The van der Waals surface area contributed by atoms with Crippen molar-refractivity contribution in [3.05, 3.63) is 45.9 Å². The zero-order valence-electron chi connectivity index (χ0n) is 15.6. The summed E-state index contributed by atoms with van der Waals surface area (Å²) in [5.41, 5.74) is 0.726. The average molecular weight is 388 g/mol. The lowest BCUT2D eigenvalue weighted by atomic mass is 9.97. The van der Waals surface area contributed by atoms with Crippen LogP contribution in [0.25, 0.3) is 0 Å². The number of esters is 1. The first-order valence-electron chi connectivity index (χ1n) is 9.18. The smallest absolute Gasteiger partial charge is 0.309 e. The number of benzene rings is 1. The number of para-hydroxylation sites is 1. The van der Waals surface area contributed by atoms with Gasteiger partial charge in [0.2, 0.25) is 0 Å². The quantitative estimate of drug-likeness (QED) is 0.709. The van der Waals surface area contributed by atoms with Gasteiger partial charge in [0.05, 0.1) is 18.2 Å². The maximum atomic E-state index is 12.8. The molecule has 0 spiro atoms. The first kappa shape index (κ1) is 19.4. The number of hydrogen-bond acceptors (Lipinski definition) is 6. The zero-order valence-corrected chi connectivity index (χ0v) is 16.5. The third-order valence-electron chi connectivity index (χ3n) is 4.54. The van der Waals surface area contributed by atoms with E-state index in [4.69, 9.17) is 9.47 Å². The molecule has 6 nitrogen and oxygen atoms in total. The summed E-state index contributed by atoms with van der Waals surface area (Å²) in [6.45, 7) is 5.52. The van der Waals surface area contributed by atoms with Gasteiger partial charge in [0.1, 0.15) is 22.2 Å². The largest absolute Gasteiger partial charge is 0.486 e. The molecule has 1 aromatic carbocycles. The molecule has 1 aliphatic heterocycles. The lowest BCUT2D eigenvalue weighted by Gasteiger charge is -2.30. The average Bonchev–Trinajstić information content (AvgIpc) is 3.07. The Labute approximate surface area is 163 Å². The molecule has 0 unspecified atom stereocenters. The van der Waals surface area contributed by atoms with Crippen molar-refractivity contribution in [2.24, 2.45) is 5.92 Å². The van der Waals surface area contributed by atoms with Gasteiger partial charge in [0.15, 0.2) is 0 Å². The number of thiazole rings is 1. The van der Waals surface area contributed by atoms with Crippen LogP contribution < -0.4 is 4.74 Å². The number of ether oxygens (including phenoxy) is 2. The van der Waals surface area contributed by atoms with Crippen molar-refractivity contribution < 1.29 is 19.1 Å². The molecule has 1 aromatic heterocycles. The number of rotatable bonds is 6. The third-order valence-corrected chi connectivity index (χ3v) is 5.66. The van der Waals surface area contributed by atoms with E-state index in [2.05, 4.69) is 4.98 Å². The summed E-state index contributed by atoms with van der Waals surface area (Å²) in [4.78, 5) is 31.6. The Morgan fingerprint density at radius 1 is 1.22 bits per heavy atom. The molecule has 1 amide bonds. The lowest BCUT2D eigenvalue weighted by Crippen LogP contribution is -2.40. The molecule has 2 heterocycles. The highest BCUT2D eigenvalue weighted by Crippen LogP contribution is 2.25. The first-order valence-corrected chi connectivity index (χ1v) is 10.00. The van der Waals surface area contributed by atoms with Crippen molar-refractivity contribution in [3.8, 4) is 5.75 Å². The van der Waals surface area contributed by atoms with Crippen molar-refractivity contribution in [2.75, 3.05) is 19.7 Å². The van der Waals surface area contributed by atoms with Crippen molar-refractivity contribution in [2.45, 2.75) is 33.3 Å². The normalized spacial score (nSPS) is 14.8. The number of carbonyl (C=O) groups is 2. The van der Waals surface area contributed by atoms with E-state index in [1.165, 1.54) is 11.3 Å². The SMILES string of the molecule is CCOC(=O)C1CCN(C(=O)c2sc(COc3ccccc3)nc2C)CC1. The number of aromatic nitrogens is 1. The van der Waals surface area contributed by atoms with E-state index in [0.29, 0.717) is 44.0 Å². The second-order valence-electron chi connectivity index (χ2n) is 6.44. The minimum atomic E-state index is -0.154. The highest BCUT2D eigenvalue weighted by Gasteiger charge is 2.30. The molecule has 0 saturated carbocycles. The van der Waals surface area contributed by atoms with E-state index in [0.717, 1.165) is 16.5 Å². The summed E-state index contributed by atoms with van der Waals surface area (Å²) in [5, 5.41) is 0.779. The molecule has 0 atom stereocenters. The predicted octanol–water partition coefficient (Wildman–Crippen LogP) is 3.45. The zero-order chi connectivity index (χ0) is 19.2. The number of hydrogen-bond donors (Lipinski definition) is 0. The minimum Gasteiger partial charge on any atom is -0.486 e. The number of carbonyl (C=O) groups excluding carboxylic acids is 2. The van der Waals surface area contributed by atoms with Crippen molar-refractivity contribution >= 4 is 23.2 Å². The minimum absolute atomic E-state index is 0.0155. The van der Waals surface area contributed by atoms with E-state index in [1.54, 1.807) is 4.90 Å². The number of piperidine rings is 1. The fourth-order valence-electron chi connectivity index (χ4n) is 3.10. The molecule has 0 aliphatic carbocycles. The Kier molecular flexibility index (Phi) is 6.45. The van der Waals surface area contributed by atoms with Crippen LogP contribution in [0, 0.1) is 12.8 Å². The van der Waals surface area contributed by atoms with E-state index in [9.17, 15) is 9.59 Å². The van der Waals surface area contributed by atoms with Gasteiger partial charge in [-0.05, 0) is 38.8 Å². The van der Waals surface area contributed by atoms with E-state index >= 15 is 0 Å². The van der Waals surface area contributed by atoms with Crippen LogP contribution in [0.15, 0.2) is 30.3 Å². The Morgan fingerprint density at radius 2 is 1.93 bits per heavy atom. The standard InChI is InChI=1S/C20H24N2O4S/c1-3-25-20(24)15-9-11-22(12-10-15)19(23)18-14(2)21-17(27-18)13-26-16-7-5-4-6-8-16/h4-8,15H,3,9-13H2,1-2H3. The molecule has 1 aliphatic rings. The monoisotopic (exact) mass is 388 g/mol. The second-order valence-corrected chi connectivity index (χ2v) is 7.53. The summed E-state index contributed by atoms with van der Waals surface area (Å²) in [6, 6.07) is 9.54. The molecule has 3 rings (SSSR count). The van der Waals surface area contributed by atoms with Crippen LogP contribution in [-0.2, 0) is 16.1 Å².